The number of nitro benzene ring substituents is 1. The fraction of sp³-hybridized carbons (Fsp3) is 0.300. The maximum Gasteiger partial charge on any atom is 0.269 e. The van der Waals surface area contributed by atoms with Gasteiger partial charge in [-0.15, -0.1) is 0 Å². The standard InChI is InChI=1S/C20H20N4O4/c25-19-14-18(20(26)23(19)16-6-8-17(9-7-16)24(27)28)22-12-10-21(11-13-22)15-4-2-1-3-5-15/h1-9,18H,10-14H2/t18-/m0/s1. The van der Waals surface area contributed by atoms with Crippen molar-refractivity contribution < 1.29 is 14.5 Å². The Morgan fingerprint density at radius 1 is 0.857 bits per heavy atom. The highest BCUT2D eigenvalue weighted by Crippen LogP contribution is 2.28. The van der Waals surface area contributed by atoms with Crippen LogP contribution in [0.3, 0.4) is 0 Å². The van der Waals surface area contributed by atoms with Crippen LogP contribution in [0.5, 0.6) is 0 Å². The molecule has 8 nitrogen and oxygen atoms in total. The van der Waals surface area contributed by atoms with E-state index < -0.39 is 11.0 Å². The highest BCUT2D eigenvalue weighted by Gasteiger charge is 2.43. The molecule has 2 aromatic carbocycles. The lowest BCUT2D eigenvalue weighted by atomic mass is 10.1. The van der Waals surface area contributed by atoms with Crippen LogP contribution in [0.15, 0.2) is 54.6 Å². The van der Waals surface area contributed by atoms with Crippen molar-refractivity contribution >= 4 is 28.9 Å². The predicted molar refractivity (Wildman–Crippen MR) is 104 cm³/mol. The summed E-state index contributed by atoms with van der Waals surface area (Å²) in [5.41, 5.74) is 1.46. The van der Waals surface area contributed by atoms with Crippen LogP contribution in [0.2, 0.25) is 0 Å². The van der Waals surface area contributed by atoms with E-state index in [-0.39, 0.29) is 23.9 Å². The van der Waals surface area contributed by atoms with Crippen molar-refractivity contribution in [2.24, 2.45) is 0 Å². The summed E-state index contributed by atoms with van der Waals surface area (Å²) in [7, 11) is 0. The molecule has 4 rings (SSSR count). The number of non-ortho nitro benzene ring substituents is 1. The number of nitrogens with zero attached hydrogens (tertiary/aromatic N) is 4. The second-order valence-electron chi connectivity index (χ2n) is 6.92. The largest absolute Gasteiger partial charge is 0.369 e. The minimum Gasteiger partial charge on any atom is -0.369 e. The summed E-state index contributed by atoms with van der Waals surface area (Å²) in [6.45, 7) is 2.98. The Morgan fingerprint density at radius 3 is 2.11 bits per heavy atom. The summed E-state index contributed by atoms with van der Waals surface area (Å²) in [6, 6.07) is 15.2. The Bertz CT molecular complexity index is 892. The lowest BCUT2D eigenvalue weighted by molar-refractivity contribution is -0.384. The van der Waals surface area contributed by atoms with E-state index in [2.05, 4.69) is 21.9 Å². The Hall–Kier alpha value is -3.26. The molecule has 0 aromatic heterocycles. The number of carbonyl (C=O) groups is 2. The molecule has 0 radical (unpaired) electrons. The van der Waals surface area contributed by atoms with Crippen LogP contribution >= 0.6 is 0 Å². The molecule has 0 N–H and O–H groups in total. The lowest BCUT2D eigenvalue weighted by Gasteiger charge is -2.38. The molecule has 2 aromatic rings. The fourth-order valence-corrected chi connectivity index (χ4v) is 3.83. The van der Waals surface area contributed by atoms with Crippen molar-refractivity contribution in [3.8, 4) is 0 Å². The van der Waals surface area contributed by atoms with Gasteiger partial charge in [-0.3, -0.25) is 24.6 Å². The van der Waals surface area contributed by atoms with E-state index in [1.54, 1.807) is 0 Å². The van der Waals surface area contributed by atoms with Crippen molar-refractivity contribution in [1.29, 1.82) is 0 Å². The number of piperazine rings is 1. The van der Waals surface area contributed by atoms with Gasteiger partial charge in [0.05, 0.1) is 23.1 Å². The van der Waals surface area contributed by atoms with E-state index in [4.69, 9.17) is 0 Å². The average Bonchev–Trinajstić information content (AvgIpc) is 3.03. The average molecular weight is 380 g/mol. The van der Waals surface area contributed by atoms with Gasteiger partial charge in [0.1, 0.15) is 0 Å². The highest BCUT2D eigenvalue weighted by atomic mass is 16.6. The molecule has 0 saturated carbocycles. The number of hydrogen-bond donors (Lipinski definition) is 0. The summed E-state index contributed by atoms with van der Waals surface area (Å²) in [5, 5.41) is 10.8. The Morgan fingerprint density at radius 2 is 1.50 bits per heavy atom. The van der Waals surface area contributed by atoms with E-state index in [1.807, 2.05) is 18.2 Å². The van der Waals surface area contributed by atoms with Gasteiger partial charge in [0.15, 0.2) is 0 Å². The van der Waals surface area contributed by atoms with Gasteiger partial charge in [-0.2, -0.15) is 0 Å². The molecule has 2 heterocycles. The number of rotatable bonds is 4. The number of para-hydroxylation sites is 1. The van der Waals surface area contributed by atoms with Crippen molar-refractivity contribution in [2.75, 3.05) is 36.0 Å². The molecule has 2 aliphatic heterocycles. The molecule has 1 atom stereocenters. The van der Waals surface area contributed by atoms with Gasteiger partial charge < -0.3 is 4.90 Å². The zero-order chi connectivity index (χ0) is 19.7. The van der Waals surface area contributed by atoms with Crippen molar-refractivity contribution in [3.05, 3.63) is 64.7 Å². The van der Waals surface area contributed by atoms with Crippen molar-refractivity contribution in [1.82, 2.24) is 4.90 Å². The number of imide groups is 1. The summed E-state index contributed by atoms with van der Waals surface area (Å²) in [4.78, 5) is 41.1. The number of nitro groups is 1. The normalized spacial score (nSPS) is 20.6. The van der Waals surface area contributed by atoms with Gasteiger partial charge in [0.2, 0.25) is 5.91 Å². The minimum atomic E-state index is -0.508. The lowest BCUT2D eigenvalue weighted by Crippen LogP contribution is -2.52. The van der Waals surface area contributed by atoms with Crippen LogP contribution in [0.1, 0.15) is 6.42 Å². The summed E-state index contributed by atoms with van der Waals surface area (Å²) >= 11 is 0. The number of carbonyl (C=O) groups excluding carboxylic acids is 2. The zero-order valence-corrected chi connectivity index (χ0v) is 15.2. The van der Waals surface area contributed by atoms with Crippen LogP contribution in [0.25, 0.3) is 0 Å². The molecule has 28 heavy (non-hydrogen) atoms. The number of anilines is 2. The molecule has 0 unspecified atom stereocenters. The minimum absolute atomic E-state index is 0.0728. The summed E-state index contributed by atoms with van der Waals surface area (Å²) in [5.74, 6) is -0.527. The SMILES string of the molecule is O=C1C[C@H](N2CCN(c3ccccc3)CC2)C(=O)N1c1ccc([N+](=O)[O-])cc1. The quantitative estimate of drug-likeness (QED) is 0.458. The van der Waals surface area contributed by atoms with Crippen LogP contribution < -0.4 is 9.80 Å². The number of amides is 2. The van der Waals surface area contributed by atoms with Crippen LogP contribution in [0.4, 0.5) is 17.1 Å². The molecule has 0 spiro atoms. The first-order chi connectivity index (χ1) is 13.5. The molecule has 2 saturated heterocycles. The monoisotopic (exact) mass is 380 g/mol. The Kier molecular flexibility index (Phi) is 4.79. The third-order valence-electron chi connectivity index (χ3n) is 5.32. The molecule has 144 valence electrons. The second-order valence-corrected chi connectivity index (χ2v) is 6.92. The van der Waals surface area contributed by atoms with E-state index in [0.29, 0.717) is 18.8 Å². The van der Waals surface area contributed by atoms with Gasteiger partial charge in [0.25, 0.3) is 11.6 Å². The maximum atomic E-state index is 12.9. The van der Waals surface area contributed by atoms with Crippen molar-refractivity contribution in [3.63, 3.8) is 0 Å². The summed E-state index contributed by atoms with van der Waals surface area (Å²) < 4.78 is 0. The zero-order valence-electron chi connectivity index (χ0n) is 15.2. The van der Waals surface area contributed by atoms with Crippen LogP contribution in [0, 0.1) is 10.1 Å². The summed E-state index contributed by atoms with van der Waals surface area (Å²) in [6.07, 6.45) is 0.140. The number of benzene rings is 2. The maximum absolute atomic E-state index is 12.9. The second kappa shape index (κ2) is 7.40. The molecule has 0 aliphatic carbocycles. The van der Waals surface area contributed by atoms with E-state index >= 15 is 0 Å². The van der Waals surface area contributed by atoms with E-state index in [1.165, 1.54) is 24.3 Å². The van der Waals surface area contributed by atoms with Gasteiger partial charge in [-0.1, -0.05) is 18.2 Å². The highest BCUT2D eigenvalue weighted by molar-refractivity contribution is 6.22. The molecule has 0 bridgehead atoms. The smallest absolute Gasteiger partial charge is 0.269 e. The molecular weight excluding hydrogens is 360 g/mol. The van der Waals surface area contributed by atoms with Crippen molar-refractivity contribution in [2.45, 2.75) is 12.5 Å². The van der Waals surface area contributed by atoms with Gasteiger partial charge in [-0.05, 0) is 24.3 Å². The van der Waals surface area contributed by atoms with Gasteiger partial charge in [0, 0.05) is 44.0 Å². The molecule has 2 fully saturated rings. The molecular formula is C20H20N4O4. The third-order valence-corrected chi connectivity index (χ3v) is 5.32. The van der Waals surface area contributed by atoms with E-state index in [0.717, 1.165) is 23.7 Å². The van der Waals surface area contributed by atoms with Crippen LogP contribution in [-0.2, 0) is 9.59 Å². The first-order valence-electron chi connectivity index (χ1n) is 9.20. The third kappa shape index (κ3) is 3.34. The molecule has 2 aliphatic rings. The van der Waals surface area contributed by atoms with Crippen LogP contribution in [-0.4, -0.2) is 53.9 Å². The fourth-order valence-electron chi connectivity index (χ4n) is 3.83. The van der Waals surface area contributed by atoms with E-state index in [9.17, 15) is 19.7 Å². The molecule has 8 heteroatoms. The predicted octanol–water partition coefficient (Wildman–Crippen LogP) is 2.05. The topological polar surface area (TPSA) is 87.0 Å². The van der Waals surface area contributed by atoms with Gasteiger partial charge in [-0.25, -0.2) is 4.90 Å². The first-order valence-corrected chi connectivity index (χ1v) is 9.20. The first kappa shape index (κ1) is 18.1. The number of hydrogen-bond acceptors (Lipinski definition) is 6. The Labute approximate surface area is 162 Å². The molecule has 2 amide bonds. The van der Waals surface area contributed by atoms with Gasteiger partial charge >= 0.3 is 0 Å². The Balaban J connectivity index is 1.44.